The van der Waals surface area contributed by atoms with Crippen molar-refractivity contribution >= 4 is 28.2 Å². The summed E-state index contributed by atoms with van der Waals surface area (Å²) in [5.41, 5.74) is 3.94. The average molecular weight is 364 g/mol. The van der Waals surface area contributed by atoms with Crippen LogP contribution in [-0.2, 0) is 5.41 Å². The number of hydrogen-bond donors (Lipinski definition) is 1. The number of halogens is 1. The summed E-state index contributed by atoms with van der Waals surface area (Å²) in [5.74, 6) is 0. The van der Waals surface area contributed by atoms with E-state index < -0.39 is 0 Å². The molecule has 0 saturated carbocycles. The Morgan fingerprint density at radius 2 is 2.04 bits per heavy atom. The summed E-state index contributed by atoms with van der Waals surface area (Å²) < 4.78 is 0. The minimum atomic E-state index is 0.349. The summed E-state index contributed by atoms with van der Waals surface area (Å²) in [6, 6.07) is 19.6. The lowest BCUT2D eigenvalue weighted by atomic mass is 9.76. The van der Waals surface area contributed by atoms with E-state index in [-0.39, 0.29) is 0 Å². The molecule has 2 aromatic carbocycles. The fourth-order valence-corrected chi connectivity index (χ4v) is 4.98. The van der Waals surface area contributed by atoms with E-state index in [1.165, 1.54) is 31.5 Å². The van der Waals surface area contributed by atoms with E-state index in [0.717, 1.165) is 28.2 Å². The van der Waals surface area contributed by atoms with Gasteiger partial charge in [0.05, 0.1) is 5.52 Å². The van der Waals surface area contributed by atoms with E-state index in [2.05, 4.69) is 57.7 Å². The van der Waals surface area contributed by atoms with Crippen LogP contribution in [0.2, 0.25) is 5.02 Å². The van der Waals surface area contributed by atoms with E-state index >= 15 is 0 Å². The Bertz CT molecular complexity index is 943. The fraction of sp³-hybridized carbons (Fsp3) is 0.318. The van der Waals surface area contributed by atoms with E-state index in [4.69, 9.17) is 11.6 Å². The average Bonchev–Trinajstić information content (AvgIpc) is 3.26. The first-order chi connectivity index (χ1) is 12.7. The lowest BCUT2D eigenvalue weighted by molar-refractivity contribution is 0.268. The van der Waals surface area contributed by atoms with Gasteiger partial charge < -0.3 is 5.32 Å². The molecular formula is C22H22ClN3. The van der Waals surface area contributed by atoms with Crippen molar-refractivity contribution in [2.75, 3.05) is 25.0 Å². The monoisotopic (exact) mass is 363 g/mol. The van der Waals surface area contributed by atoms with Gasteiger partial charge in [0.2, 0.25) is 0 Å². The number of aromatic nitrogens is 1. The van der Waals surface area contributed by atoms with Crippen LogP contribution in [0.25, 0.3) is 10.9 Å². The van der Waals surface area contributed by atoms with Crippen LogP contribution < -0.4 is 5.32 Å². The van der Waals surface area contributed by atoms with Gasteiger partial charge in [-0.1, -0.05) is 41.9 Å². The van der Waals surface area contributed by atoms with Gasteiger partial charge in [-0.2, -0.15) is 0 Å². The number of fused-ring (bicyclic) bond motifs is 3. The third-order valence-corrected chi connectivity index (χ3v) is 6.38. The molecule has 1 N–H and O–H groups in total. The number of pyridine rings is 1. The van der Waals surface area contributed by atoms with E-state index in [1.54, 1.807) is 0 Å². The summed E-state index contributed by atoms with van der Waals surface area (Å²) >= 11 is 6.10. The molecule has 2 saturated heterocycles. The molecule has 2 aliphatic heterocycles. The molecule has 2 bridgehead atoms. The molecule has 4 heteroatoms. The maximum Gasteiger partial charge on any atom is 0.0737 e. The smallest absolute Gasteiger partial charge is 0.0737 e. The second-order valence-corrected chi connectivity index (χ2v) is 8.06. The lowest BCUT2D eigenvalue weighted by Crippen LogP contribution is -2.36. The fourth-order valence-electron chi connectivity index (χ4n) is 4.81. The van der Waals surface area contributed by atoms with Crippen LogP contribution in [0.4, 0.5) is 5.69 Å². The number of nitrogens with one attached hydrogen (secondary N) is 1. The molecule has 3 unspecified atom stereocenters. The molecular weight excluding hydrogens is 342 g/mol. The number of hydrogen-bond acceptors (Lipinski definition) is 3. The standard InChI is InChI=1S/C22H22ClN3/c23-17-6-7-19-20(8-10-24-21(19)12-17)25-14-18-13-22(9-11-26(18)15-22)16-4-2-1-3-5-16/h1-8,10,12,18H,9,11,13-15H2,(H,24,25). The summed E-state index contributed by atoms with van der Waals surface area (Å²) in [4.78, 5) is 7.09. The van der Waals surface area contributed by atoms with Gasteiger partial charge in [-0.3, -0.25) is 9.88 Å². The van der Waals surface area contributed by atoms with Gasteiger partial charge in [-0.25, -0.2) is 0 Å². The van der Waals surface area contributed by atoms with Gasteiger partial charge >= 0.3 is 0 Å². The van der Waals surface area contributed by atoms with Crippen molar-refractivity contribution in [1.82, 2.24) is 9.88 Å². The molecule has 5 rings (SSSR count). The van der Waals surface area contributed by atoms with E-state index in [0.29, 0.717) is 11.5 Å². The van der Waals surface area contributed by atoms with E-state index in [9.17, 15) is 0 Å². The van der Waals surface area contributed by atoms with Crippen LogP contribution in [0.1, 0.15) is 18.4 Å². The Balaban J connectivity index is 1.35. The molecule has 3 nitrogen and oxygen atoms in total. The van der Waals surface area contributed by atoms with Gasteiger partial charge in [0.15, 0.2) is 0 Å². The molecule has 0 aliphatic carbocycles. The van der Waals surface area contributed by atoms with Crippen molar-refractivity contribution < 1.29 is 0 Å². The van der Waals surface area contributed by atoms with Crippen molar-refractivity contribution in [2.45, 2.75) is 24.3 Å². The van der Waals surface area contributed by atoms with Crippen LogP contribution in [0.15, 0.2) is 60.8 Å². The minimum Gasteiger partial charge on any atom is -0.383 e. The van der Waals surface area contributed by atoms with E-state index in [1.807, 2.05) is 18.3 Å². The highest BCUT2D eigenvalue weighted by Crippen LogP contribution is 2.46. The summed E-state index contributed by atoms with van der Waals surface area (Å²) in [6.45, 7) is 3.36. The molecule has 3 atom stereocenters. The van der Waals surface area contributed by atoms with Crippen molar-refractivity contribution in [3.63, 3.8) is 0 Å². The Kier molecular flexibility index (Phi) is 3.87. The minimum absolute atomic E-state index is 0.349. The Morgan fingerprint density at radius 1 is 1.15 bits per heavy atom. The van der Waals surface area contributed by atoms with Gasteiger partial charge in [-0.05, 0) is 49.2 Å². The number of benzene rings is 2. The molecule has 1 aromatic heterocycles. The first-order valence-corrected chi connectivity index (χ1v) is 9.69. The molecule has 0 amide bonds. The predicted octanol–water partition coefficient (Wildman–Crippen LogP) is 4.72. The molecule has 3 aromatic rings. The topological polar surface area (TPSA) is 28.2 Å². The van der Waals surface area contributed by atoms with Gasteiger partial charge in [0, 0.05) is 46.8 Å². The number of anilines is 1. The Hall–Kier alpha value is -2.10. The van der Waals surface area contributed by atoms with Gasteiger partial charge in [0.1, 0.15) is 0 Å². The zero-order valence-electron chi connectivity index (χ0n) is 14.7. The van der Waals surface area contributed by atoms with Crippen molar-refractivity contribution in [3.05, 3.63) is 71.4 Å². The normalized spacial score (nSPS) is 27.1. The highest BCUT2D eigenvalue weighted by atomic mass is 35.5. The third kappa shape index (κ3) is 2.67. The second kappa shape index (κ2) is 6.26. The molecule has 26 heavy (non-hydrogen) atoms. The summed E-state index contributed by atoms with van der Waals surface area (Å²) in [6.07, 6.45) is 4.37. The third-order valence-electron chi connectivity index (χ3n) is 6.15. The molecule has 2 fully saturated rings. The van der Waals surface area contributed by atoms with Crippen molar-refractivity contribution in [3.8, 4) is 0 Å². The second-order valence-electron chi connectivity index (χ2n) is 7.63. The number of piperidine rings is 1. The zero-order valence-corrected chi connectivity index (χ0v) is 15.4. The summed E-state index contributed by atoms with van der Waals surface area (Å²) in [5, 5.41) is 5.54. The predicted molar refractivity (Wildman–Crippen MR) is 108 cm³/mol. The van der Waals surface area contributed by atoms with Gasteiger partial charge in [0.25, 0.3) is 0 Å². The largest absolute Gasteiger partial charge is 0.383 e. The highest BCUT2D eigenvalue weighted by Gasteiger charge is 2.49. The maximum absolute atomic E-state index is 6.10. The van der Waals surface area contributed by atoms with Gasteiger partial charge in [-0.15, -0.1) is 0 Å². The zero-order chi connectivity index (χ0) is 17.6. The molecule has 3 heterocycles. The maximum atomic E-state index is 6.10. The Morgan fingerprint density at radius 3 is 2.92 bits per heavy atom. The summed E-state index contributed by atoms with van der Waals surface area (Å²) in [7, 11) is 0. The molecule has 0 spiro atoms. The van der Waals surface area contributed by atoms with Crippen LogP contribution in [0.5, 0.6) is 0 Å². The lowest BCUT2D eigenvalue weighted by Gasteiger charge is -2.30. The first kappa shape index (κ1) is 16.1. The molecule has 2 aliphatic rings. The highest BCUT2D eigenvalue weighted by molar-refractivity contribution is 6.31. The molecule has 0 radical (unpaired) electrons. The van der Waals surface area contributed by atoms with Crippen LogP contribution in [-0.4, -0.2) is 35.6 Å². The van der Waals surface area contributed by atoms with Crippen LogP contribution >= 0.6 is 11.6 Å². The quantitative estimate of drug-likeness (QED) is 0.727. The first-order valence-electron chi connectivity index (χ1n) is 9.31. The molecule has 132 valence electrons. The van der Waals surface area contributed by atoms with Crippen molar-refractivity contribution in [1.29, 1.82) is 0 Å². The van der Waals surface area contributed by atoms with Crippen molar-refractivity contribution in [2.24, 2.45) is 0 Å². The Labute approximate surface area is 159 Å². The number of nitrogens with zero attached hydrogens (tertiary/aromatic N) is 2. The van der Waals surface area contributed by atoms with Crippen LogP contribution in [0.3, 0.4) is 0 Å². The SMILES string of the molecule is Clc1ccc2c(NCC3CC4(c5ccccc5)CCN3C4)ccnc2c1. The van der Waals surface area contributed by atoms with Crippen LogP contribution in [0, 0.1) is 0 Å². The number of rotatable bonds is 4.